The van der Waals surface area contributed by atoms with Gasteiger partial charge in [0.15, 0.2) is 5.76 Å². The van der Waals surface area contributed by atoms with E-state index in [9.17, 15) is 4.79 Å². The number of nitrogens with zero attached hydrogens (tertiary/aromatic N) is 3. The van der Waals surface area contributed by atoms with E-state index in [-0.39, 0.29) is 5.91 Å². The molecule has 0 spiro atoms. The van der Waals surface area contributed by atoms with Gasteiger partial charge < -0.3 is 24.9 Å². The Bertz CT molecular complexity index is 847. The number of nitrogens with one attached hydrogen (secondary N) is 1. The van der Waals surface area contributed by atoms with Crippen LogP contribution < -0.4 is 10.6 Å². The molecule has 0 bridgehead atoms. The molecule has 1 aliphatic heterocycles. The first-order valence-electron chi connectivity index (χ1n) is 8.01. The summed E-state index contributed by atoms with van der Waals surface area (Å²) in [5, 5.41) is 0. The predicted octanol–water partition coefficient (Wildman–Crippen LogP) is 1.58. The number of benzene rings is 1. The molecule has 0 aliphatic carbocycles. The van der Waals surface area contributed by atoms with Gasteiger partial charge in [-0.3, -0.25) is 4.79 Å². The number of amides is 1. The molecule has 0 radical (unpaired) electrons. The molecule has 7 heteroatoms. The molecule has 4 rings (SSSR count). The van der Waals surface area contributed by atoms with Gasteiger partial charge in [0.2, 0.25) is 0 Å². The number of nitrogens with two attached hydrogens (primary N) is 1. The van der Waals surface area contributed by atoms with E-state index < -0.39 is 0 Å². The highest BCUT2D eigenvalue weighted by molar-refractivity contribution is 5.91. The Balaban J connectivity index is 1.46. The molecule has 3 aromatic rings. The first kappa shape index (κ1) is 14.8. The van der Waals surface area contributed by atoms with E-state index in [0.29, 0.717) is 25.4 Å². The van der Waals surface area contributed by atoms with Crippen molar-refractivity contribution < 1.29 is 9.21 Å². The fraction of sp³-hybridized carbons (Fsp3) is 0.294. The summed E-state index contributed by atoms with van der Waals surface area (Å²) in [4.78, 5) is 24.1. The third-order valence-corrected chi connectivity index (χ3v) is 4.37. The van der Waals surface area contributed by atoms with Gasteiger partial charge in [-0.2, -0.15) is 0 Å². The van der Waals surface area contributed by atoms with Crippen molar-refractivity contribution in [1.82, 2.24) is 14.9 Å². The highest BCUT2D eigenvalue weighted by atomic mass is 16.3. The van der Waals surface area contributed by atoms with Crippen molar-refractivity contribution in [3.63, 3.8) is 0 Å². The van der Waals surface area contributed by atoms with Crippen LogP contribution in [0.4, 0.5) is 5.69 Å². The van der Waals surface area contributed by atoms with E-state index in [1.165, 1.54) is 6.26 Å². The molecule has 3 heterocycles. The number of piperazine rings is 1. The van der Waals surface area contributed by atoms with Crippen molar-refractivity contribution in [2.75, 3.05) is 31.1 Å². The van der Waals surface area contributed by atoms with E-state index in [1.807, 2.05) is 11.0 Å². The Hall–Kier alpha value is -2.80. The van der Waals surface area contributed by atoms with Crippen LogP contribution >= 0.6 is 0 Å². The summed E-state index contributed by atoms with van der Waals surface area (Å²) in [5.41, 5.74) is 8.66. The van der Waals surface area contributed by atoms with E-state index in [2.05, 4.69) is 27.0 Å². The Morgan fingerprint density at radius 2 is 2.08 bits per heavy atom. The standard InChI is InChI=1S/C17H19N5O2/c18-11-16-19-13-4-3-12(10-14(13)20-16)21-5-7-22(8-6-21)17(23)15-2-1-9-24-15/h1-4,9-10H,5-8,11,18H2,(H,19,20). The molecule has 1 saturated heterocycles. The summed E-state index contributed by atoms with van der Waals surface area (Å²) in [5.74, 6) is 1.14. The molecule has 0 saturated carbocycles. The van der Waals surface area contributed by atoms with Gasteiger partial charge in [0, 0.05) is 31.9 Å². The quantitative estimate of drug-likeness (QED) is 0.763. The molecular formula is C17H19N5O2. The van der Waals surface area contributed by atoms with Crippen LogP contribution in [0.3, 0.4) is 0 Å². The van der Waals surface area contributed by atoms with Crippen LogP contribution in [0.1, 0.15) is 16.4 Å². The average Bonchev–Trinajstić information content (AvgIpc) is 3.29. The van der Waals surface area contributed by atoms with Gasteiger partial charge >= 0.3 is 0 Å². The smallest absolute Gasteiger partial charge is 0.289 e. The zero-order valence-electron chi connectivity index (χ0n) is 13.2. The number of fused-ring (bicyclic) bond motifs is 1. The van der Waals surface area contributed by atoms with Crippen LogP contribution in [0.25, 0.3) is 11.0 Å². The Kier molecular flexibility index (Phi) is 3.70. The van der Waals surface area contributed by atoms with E-state index in [4.69, 9.17) is 10.2 Å². The number of hydrogen-bond acceptors (Lipinski definition) is 5. The minimum absolute atomic E-state index is 0.0451. The number of hydrogen-bond donors (Lipinski definition) is 2. The van der Waals surface area contributed by atoms with Crippen molar-refractivity contribution in [3.05, 3.63) is 48.2 Å². The molecule has 124 valence electrons. The topological polar surface area (TPSA) is 91.4 Å². The fourth-order valence-corrected chi connectivity index (χ4v) is 3.07. The second-order valence-corrected chi connectivity index (χ2v) is 5.85. The Morgan fingerprint density at radius 3 is 2.79 bits per heavy atom. The lowest BCUT2D eigenvalue weighted by Crippen LogP contribution is -2.48. The summed E-state index contributed by atoms with van der Waals surface area (Å²) in [6, 6.07) is 9.59. The second-order valence-electron chi connectivity index (χ2n) is 5.85. The second kappa shape index (κ2) is 6.01. The summed E-state index contributed by atoms with van der Waals surface area (Å²) in [6.45, 7) is 3.33. The molecule has 0 atom stereocenters. The van der Waals surface area contributed by atoms with Crippen molar-refractivity contribution in [1.29, 1.82) is 0 Å². The summed E-state index contributed by atoms with van der Waals surface area (Å²) in [6.07, 6.45) is 1.53. The number of aromatic amines is 1. The number of carbonyl (C=O) groups is 1. The van der Waals surface area contributed by atoms with Gasteiger partial charge in [-0.25, -0.2) is 4.98 Å². The van der Waals surface area contributed by atoms with E-state index >= 15 is 0 Å². The number of furan rings is 1. The van der Waals surface area contributed by atoms with Crippen LogP contribution in [0.5, 0.6) is 0 Å². The fourth-order valence-electron chi connectivity index (χ4n) is 3.07. The monoisotopic (exact) mass is 325 g/mol. The summed E-state index contributed by atoms with van der Waals surface area (Å²) < 4.78 is 5.20. The van der Waals surface area contributed by atoms with Gasteiger partial charge in [-0.1, -0.05) is 0 Å². The largest absolute Gasteiger partial charge is 0.459 e. The molecule has 0 unspecified atom stereocenters. The molecular weight excluding hydrogens is 306 g/mol. The molecule has 1 fully saturated rings. The van der Waals surface area contributed by atoms with Crippen LogP contribution in [0, 0.1) is 0 Å². The highest BCUT2D eigenvalue weighted by Gasteiger charge is 2.24. The first-order valence-corrected chi connectivity index (χ1v) is 8.01. The molecule has 1 amide bonds. The van der Waals surface area contributed by atoms with Gasteiger partial charge in [0.25, 0.3) is 5.91 Å². The van der Waals surface area contributed by atoms with Crippen molar-refractivity contribution in [2.45, 2.75) is 6.54 Å². The maximum atomic E-state index is 12.3. The summed E-state index contributed by atoms with van der Waals surface area (Å²) in [7, 11) is 0. The Labute approximate surface area is 139 Å². The van der Waals surface area contributed by atoms with Crippen molar-refractivity contribution in [3.8, 4) is 0 Å². The third-order valence-electron chi connectivity index (χ3n) is 4.37. The maximum Gasteiger partial charge on any atom is 0.289 e. The Morgan fingerprint density at radius 1 is 1.25 bits per heavy atom. The van der Waals surface area contributed by atoms with Crippen molar-refractivity contribution in [2.24, 2.45) is 5.73 Å². The average molecular weight is 325 g/mol. The number of carbonyl (C=O) groups excluding carboxylic acids is 1. The minimum Gasteiger partial charge on any atom is -0.459 e. The minimum atomic E-state index is -0.0451. The zero-order valence-corrected chi connectivity index (χ0v) is 13.2. The number of rotatable bonds is 3. The van der Waals surface area contributed by atoms with Gasteiger partial charge in [-0.05, 0) is 30.3 Å². The number of anilines is 1. The molecule has 7 nitrogen and oxygen atoms in total. The first-order chi connectivity index (χ1) is 11.7. The molecule has 1 aliphatic rings. The van der Waals surface area contributed by atoms with Crippen LogP contribution in [0.2, 0.25) is 0 Å². The van der Waals surface area contributed by atoms with E-state index in [1.54, 1.807) is 12.1 Å². The third kappa shape index (κ3) is 2.63. The van der Waals surface area contributed by atoms with E-state index in [0.717, 1.165) is 35.6 Å². The lowest BCUT2D eigenvalue weighted by molar-refractivity contribution is 0.0714. The molecule has 24 heavy (non-hydrogen) atoms. The van der Waals surface area contributed by atoms with Crippen LogP contribution in [0.15, 0.2) is 41.0 Å². The predicted molar refractivity (Wildman–Crippen MR) is 90.8 cm³/mol. The highest BCUT2D eigenvalue weighted by Crippen LogP contribution is 2.22. The number of imidazole rings is 1. The van der Waals surface area contributed by atoms with Crippen LogP contribution in [-0.2, 0) is 6.54 Å². The molecule has 3 N–H and O–H groups in total. The summed E-state index contributed by atoms with van der Waals surface area (Å²) >= 11 is 0. The number of aromatic nitrogens is 2. The van der Waals surface area contributed by atoms with Gasteiger partial charge in [0.1, 0.15) is 5.82 Å². The SMILES string of the molecule is NCc1nc2ccc(N3CCN(C(=O)c4ccco4)CC3)cc2[nH]1. The maximum absolute atomic E-state index is 12.3. The van der Waals surface area contributed by atoms with Gasteiger partial charge in [-0.15, -0.1) is 0 Å². The molecule has 1 aromatic carbocycles. The van der Waals surface area contributed by atoms with Gasteiger partial charge in [0.05, 0.1) is 23.8 Å². The van der Waals surface area contributed by atoms with Crippen LogP contribution in [-0.4, -0.2) is 47.0 Å². The lowest BCUT2D eigenvalue weighted by Gasteiger charge is -2.35. The number of H-pyrrole nitrogens is 1. The normalized spacial score (nSPS) is 15.2. The molecule has 2 aromatic heterocycles. The lowest BCUT2D eigenvalue weighted by atomic mass is 10.2. The zero-order chi connectivity index (χ0) is 16.5. The van der Waals surface area contributed by atoms with Crippen molar-refractivity contribution >= 4 is 22.6 Å².